The minimum Gasteiger partial charge on any atom is -0.480 e. The molecule has 3 unspecified atom stereocenters. The summed E-state index contributed by atoms with van der Waals surface area (Å²) in [6.45, 7) is 14.3. The van der Waals surface area contributed by atoms with Crippen molar-refractivity contribution in [3.8, 4) is 0 Å². The molecule has 43 heavy (non-hydrogen) atoms. The lowest BCUT2D eigenvalue weighted by atomic mass is 9.77. The van der Waals surface area contributed by atoms with Gasteiger partial charge in [0.25, 0.3) is 5.91 Å². The van der Waals surface area contributed by atoms with Crippen LogP contribution in [0.4, 0.5) is 4.79 Å². The van der Waals surface area contributed by atoms with Gasteiger partial charge in [0.1, 0.15) is 24.2 Å². The molecule has 13 heteroatoms. The third-order valence-corrected chi connectivity index (χ3v) is 7.40. The number of carboxylic acids is 1. The molecule has 1 saturated heterocycles. The van der Waals surface area contributed by atoms with E-state index in [1.807, 2.05) is 34.6 Å². The van der Waals surface area contributed by atoms with Crippen LogP contribution in [0.3, 0.4) is 0 Å². The zero-order chi connectivity index (χ0) is 32.8. The van der Waals surface area contributed by atoms with Crippen molar-refractivity contribution in [1.82, 2.24) is 20.9 Å². The molecule has 0 aromatic rings. The number of carbonyl (C=O) groups excluding carboxylic acids is 5. The normalized spacial score (nSPS) is 21.1. The lowest BCUT2D eigenvalue weighted by molar-refractivity contribution is -0.147. The number of amides is 4. The van der Waals surface area contributed by atoms with E-state index in [0.29, 0.717) is 12.8 Å². The number of nitrogens with zero attached hydrogens (tertiary/aromatic N) is 1. The molecule has 1 heterocycles. The molecule has 13 nitrogen and oxygen atoms in total. The fourth-order valence-corrected chi connectivity index (χ4v) is 5.43. The summed E-state index contributed by atoms with van der Waals surface area (Å²) in [5, 5.41) is 16.5. The topological polar surface area (TPSA) is 180 Å². The van der Waals surface area contributed by atoms with Gasteiger partial charge in [-0.3, -0.25) is 24.0 Å². The highest BCUT2D eigenvalue weighted by Gasteiger charge is 2.50. The quantitative estimate of drug-likeness (QED) is 0.255. The van der Waals surface area contributed by atoms with E-state index >= 15 is 0 Å². The van der Waals surface area contributed by atoms with Gasteiger partial charge >= 0.3 is 12.1 Å². The van der Waals surface area contributed by atoms with Crippen molar-refractivity contribution in [3.63, 3.8) is 0 Å². The van der Waals surface area contributed by atoms with E-state index in [1.165, 1.54) is 4.90 Å². The Kier molecular flexibility index (Phi) is 12.1. The minimum atomic E-state index is -1.53. The predicted molar refractivity (Wildman–Crippen MR) is 157 cm³/mol. The maximum Gasteiger partial charge on any atom is 0.407 e. The Morgan fingerprint density at radius 3 is 2.09 bits per heavy atom. The van der Waals surface area contributed by atoms with Crippen molar-refractivity contribution in [2.24, 2.45) is 11.3 Å². The number of ketones is 1. The largest absolute Gasteiger partial charge is 0.480 e. The van der Waals surface area contributed by atoms with E-state index in [2.05, 4.69) is 16.0 Å². The highest BCUT2D eigenvalue weighted by atomic mass is 16.5. The Labute approximate surface area is 254 Å². The molecule has 1 saturated carbocycles. The van der Waals surface area contributed by atoms with E-state index in [-0.39, 0.29) is 38.3 Å². The van der Waals surface area contributed by atoms with Crippen molar-refractivity contribution in [2.75, 3.05) is 19.7 Å². The van der Waals surface area contributed by atoms with Gasteiger partial charge in [-0.15, -0.1) is 0 Å². The number of alkyl carbamates (subject to hydrolysis) is 1. The molecule has 0 aromatic heterocycles. The first-order valence-electron chi connectivity index (χ1n) is 15.0. The summed E-state index contributed by atoms with van der Waals surface area (Å²) in [4.78, 5) is 78.9. The second-order valence-electron chi connectivity index (χ2n) is 14.1. The highest BCUT2D eigenvalue weighted by Crippen LogP contribution is 2.32. The summed E-state index contributed by atoms with van der Waals surface area (Å²) in [6.07, 6.45) is 1.25. The van der Waals surface area contributed by atoms with Crippen LogP contribution < -0.4 is 16.0 Å². The van der Waals surface area contributed by atoms with Gasteiger partial charge in [-0.1, -0.05) is 53.9 Å². The third kappa shape index (κ3) is 10.5. The van der Waals surface area contributed by atoms with E-state index in [0.717, 1.165) is 6.42 Å². The maximum absolute atomic E-state index is 14.1. The van der Waals surface area contributed by atoms with Gasteiger partial charge in [0.15, 0.2) is 0 Å². The number of carboxylic acid groups (broad SMARTS) is 1. The third-order valence-electron chi connectivity index (χ3n) is 7.40. The molecular formula is C30H50N4O9. The molecule has 0 spiro atoms. The Morgan fingerprint density at radius 1 is 0.977 bits per heavy atom. The molecule has 2 aliphatic rings. The monoisotopic (exact) mass is 610 g/mol. The van der Waals surface area contributed by atoms with Crippen LogP contribution in [0, 0.1) is 11.3 Å². The first kappa shape index (κ1) is 36.0. The van der Waals surface area contributed by atoms with Crippen molar-refractivity contribution in [2.45, 2.75) is 123 Å². The van der Waals surface area contributed by atoms with Gasteiger partial charge in [0.2, 0.25) is 17.6 Å². The average molecular weight is 611 g/mol. The molecule has 3 atom stereocenters. The number of hydrogen-bond donors (Lipinski definition) is 4. The molecular weight excluding hydrogens is 560 g/mol. The highest BCUT2D eigenvalue weighted by molar-refractivity contribution is 6.40. The van der Waals surface area contributed by atoms with E-state index < -0.39 is 76.9 Å². The van der Waals surface area contributed by atoms with Crippen LogP contribution in [-0.4, -0.2) is 94.6 Å². The van der Waals surface area contributed by atoms with Gasteiger partial charge in [0.05, 0.1) is 18.3 Å². The SMILES string of the molecule is CC(C)COC(=O)NC(C(=O)N1CC(OC(C)(C)C)CC1C(=O)NC1(C(=O)C(=O)NCC(=O)O)CCCCC1)C(C)(C)C. The minimum absolute atomic E-state index is 0.0730. The fourth-order valence-electron chi connectivity index (χ4n) is 5.43. The second-order valence-corrected chi connectivity index (χ2v) is 14.1. The summed E-state index contributed by atoms with van der Waals surface area (Å²) in [7, 11) is 0. The first-order valence-corrected chi connectivity index (χ1v) is 15.0. The van der Waals surface area contributed by atoms with Crippen molar-refractivity contribution in [1.29, 1.82) is 0 Å². The molecule has 1 aliphatic carbocycles. The summed E-state index contributed by atoms with van der Waals surface area (Å²) < 4.78 is 11.4. The van der Waals surface area contributed by atoms with Crippen LogP contribution in [0.2, 0.25) is 0 Å². The first-order chi connectivity index (χ1) is 19.8. The number of ether oxygens (including phenoxy) is 2. The molecule has 2 rings (SSSR count). The smallest absolute Gasteiger partial charge is 0.407 e. The summed E-state index contributed by atoms with van der Waals surface area (Å²) in [5.74, 6) is -4.33. The average Bonchev–Trinajstić information content (AvgIpc) is 3.30. The standard InChI is InChI=1S/C30H50N4O9/c1-18(2)17-42-27(41)32-22(28(3,4)5)26(40)34-16-19(43-29(6,7)8)14-20(34)24(38)33-30(12-10-9-11-13-30)23(37)25(39)31-15-21(35)36/h18-20,22H,9-17H2,1-8H3,(H,31,39)(H,32,41)(H,33,38)(H,35,36). The van der Waals surface area contributed by atoms with E-state index in [1.54, 1.807) is 20.8 Å². The Balaban J connectivity index is 2.39. The Morgan fingerprint density at radius 2 is 1.58 bits per heavy atom. The molecule has 0 bridgehead atoms. The number of hydrogen-bond acceptors (Lipinski definition) is 8. The van der Waals surface area contributed by atoms with E-state index in [4.69, 9.17) is 14.6 Å². The zero-order valence-electron chi connectivity index (χ0n) is 26.8. The summed E-state index contributed by atoms with van der Waals surface area (Å²) >= 11 is 0. The molecule has 0 aromatic carbocycles. The molecule has 2 fully saturated rings. The van der Waals surface area contributed by atoms with Crippen LogP contribution in [0.25, 0.3) is 0 Å². The molecule has 0 radical (unpaired) electrons. The zero-order valence-corrected chi connectivity index (χ0v) is 26.8. The van der Waals surface area contributed by atoms with Gasteiger partial charge in [-0.05, 0) is 44.9 Å². The molecule has 1 aliphatic heterocycles. The number of Topliss-reactive ketones (excluding diaryl/α,β-unsaturated/α-hetero) is 1. The van der Waals surface area contributed by atoms with Crippen LogP contribution in [0.1, 0.15) is 93.9 Å². The Hall–Kier alpha value is -3.22. The lowest BCUT2D eigenvalue weighted by Gasteiger charge is -2.39. The summed E-state index contributed by atoms with van der Waals surface area (Å²) in [5.41, 5.74) is -2.85. The predicted octanol–water partition coefficient (Wildman–Crippen LogP) is 2.16. The number of aliphatic carboxylic acids is 1. The molecule has 4 N–H and O–H groups in total. The van der Waals surface area contributed by atoms with Gasteiger partial charge in [-0.2, -0.15) is 0 Å². The van der Waals surface area contributed by atoms with Crippen LogP contribution in [-0.2, 0) is 33.4 Å². The number of rotatable bonds is 11. The van der Waals surface area contributed by atoms with Crippen LogP contribution in [0.15, 0.2) is 0 Å². The maximum atomic E-state index is 14.1. The van der Waals surface area contributed by atoms with Gasteiger partial charge < -0.3 is 35.4 Å². The van der Waals surface area contributed by atoms with Crippen molar-refractivity contribution < 1.29 is 43.3 Å². The van der Waals surface area contributed by atoms with Gasteiger partial charge in [-0.25, -0.2) is 4.79 Å². The van der Waals surface area contributed by atoms with Crippen molar-refractivity contribution in [3.05, 3.63) is 0 Å². The number of nitrogens with one attached hydrogen (secondary N) is 3. The van der Waals surface area contributed by atoms with Crippen molar-refractivity contribution >= 4 is 35.6 Å². The molecule has 244 valence electrons. The summed E-state index contributed by atoms with van der Waals surface area (Å²) in [6, 6.07) is -2.09. The van der Waals surface area contributed by atoms with Crippen LogP contribution >= 0.6 is 0 Å². The number of carbonyl (C=O) groups is 6. The second kappa shape index (κ2) is 14.5. The fraction of sp³-hybridized carbons (Fsp3) is 0.800. The van der Waals surface area contributed by atoms with Gasteiger partial charge in [0, 0.05) is 13.0 Å². The Bertz CT molecular complexity index is 1050. The van der Waals surface area contributed by atoms with Crippen LogP contribution in [0.5, 0.6) is 0 Å². The number of likely N-dealkylation sites (tertiary alicyclic amines) is 1. The van der Waals surface area contributed by atoms with E-state index in [9.17, 15) is 28.8 Å². The molecule has 4 amide bonds. The lowest BCUT2D eigenvalue weighted by Crippen LogP contribution is -2.63.